The summed E-state index contributed by atoms with van der Waals surface area (Å²) in [7, 11) is 0. The van der Waals surface area contributed by atoms with Crippen LogP contribution in [0.15, 0.2) is 0 Å². The summed E-state index contributed by atoms with van der Waals surface area (Å²) in [5, 5.41) is 17.1. The standard InChI is InChI=1S/C4H8O2.C2H6O.H2O/c1-2-3-4(5)6;1-2-3;/h2-3H2,1H3,(H,5,6);3H,2H2,1H3;1H2/p-1. The maximum absolute atomic E-state index is 9.49. The Morgan fingerprint density at radius 3 is 1.80 bits per heavy atom. The van der Waals surface area contributed by atoms with Gasteiger partial charge in [-0.2, -0.15) is 0 Å². The smallest absolute Gasteiger partial charge is 0.0414 e. The lowest BCUT2D eigenvalue weighted by atomic mass is 10.4. The molecule has 0 saturated carbocycles. The van der Waals surface area contributed by atoms with Gasteiger partial charge in [0.1, 0.15) is 0 Å². The van der Waals surface area contributed by atoms with E-state index in [1.165, 1.54) is 0 Å². The normalized spacial score (nSPS) is 6.70. The van der Waals surface area contributed by atoms with E-state index in [1.807, 2.05) is 0 Å². The number of hydrogen-bond donors (Lipinski definition) is 1. The Morgan fingerprint density at radius 1 is 1.50 bits per heavy atom. The van der Waals surface area contributed by atoms with E-state index >= 15 is 0 Å². The minimum absolute atomic E-state index is 0. The predicted octanol–water partition coefficient (Wildman–Crippen LogP) is -1.29. The summed E-state index contributed by atoms with van der Waals surface area (Å²) >= 11 is 0. The summed E-state index contributed by atoms with van der Waals surface area (Å²) in [4.78, 5) is 9.49. The Balaban J connectivity index is -0.000000107. The third-order valence-electron chi connectivity index (χ3n) is 0.454. The SMILES string of the molecule is CCCC(=O)[O-].CCO.O. The second-order valence-electron chi connectivity index (χ2n) is 1.44. The van der Waals surface area contributed by atoms with Crippen molar-refractivity contribution in [3.8, 4) is 0 Å². The Kier molecular flexibility index (Phi) is 25.5. The van der Waals surface area contributed by atoms with Crippen molar-refractivity contribution >= 4 is 5.97 Å². The molecular weight excluding hydrogens is 136 g/mol. The first-order valence-corrected chi connectivity index (χ1v) is 2.99. The molecule has 10 heavy (non-hydrogen) atoms. The van der Waals surface area contributed by atoms with Crippen LogP contribution in [0.25, 0.3) is 0 Å². The summed E-state index contributed by atoms with van der Waals surface area (Å²) in [6.07, 6.45) is 0.850. The van der Waals surface area contributed by atoms with Crippen LogP contribution in [-0.2, 0) is 4.79 Å². The number of carbonyl (C=O) groups is 1. The van der Waals surface area contributed by atoms with Gasteiger partial charge < -0.3 is 20.5 Å². The fourth-order valence-electron chi connectivity index (χ4n) is 0.204. The van der Waals surface area contributed by atoms with Crippen molar-refractivity contribution in [3.63, 3.8) is 0 Å². The van der Waals surface area contributed by atoms with Gasteiger partial charge in [0.05, 0.1) is 0 Å². The van der Waals surface area contributed by atoms with Gasteiger partial charge in [-0.15, -0.1) is 0 Å². The van der Waals surface area contributed by atoms with Gasteiger partial charge in [-0.25, -0.2) is 0 Å². The molecule has 0 atom stereocenters. The second kappa shape index (κ2) is 15.8. The fourth-order valence-corrected chi connectivity index (χ4v) is 0.204. The molecule has 0 heterocycles. The maximum atomic E-state index is 9.49. The van der Waals surface area contributed by atoms with Gasteiger partial charge in [-0.05, 0) is 13.3 Å². The highest BCUT2D eigenvalue weighted by atomic mass is 16.4. The minimum Gasteiger partial charge on any atom is -0.550 e. The van der Waals surface area contributed by atoms with Crippen molar-refractivity contribution in [2.75, 3.05) is 6.61 Å². The van der Waals surface area contributed by atoms with Gasteiger partial charge in [0.2, 0.25) is 0 Å². The summed E-state index contributed by atoms with van der Waals surface area (Å²) in [5.74, 6) is -0.961. The van der Waals surface area contributed by atoms with Crippen LogP contribution in [0.5, 0.6) is 0 Å². The average Bonchev–Trinajstić information content (AvgIpc) is 1.67. The van der Waals surface area contributed by atoms with Crippen molar-refractivity contribution in [3.05, 3.63) is 0 Å². The Labute approximate surface area is 60.8 Å². The molecule has 0 saturated heterocycles. The van der Waals surface area contributed by atoms with Crippen LogP contribution in [0.3, 0.4) is 0 Å². The molecule has 64 valence electrons. The second-order valence-corrected chi connectivity index (χ2v) is 1.44. The Morgan fingerprint density at radius 2 is 1.80 bits per heavy atom. The van der Waals surface area contributed by atoms with Crippen LogP contribution in [0.1, 0.15) is 26.7 Å². The number of carbonyl (C=O) groups excluding carboxylic acids is 1. The van der Waals surface area contributed by atoms with Gasteiger partial charge in [0, 0.05) is 12.6 Å². The van der Waals surface area contributed by atoms with Crippen LogP contribution >= 0.6 is 0 Å². The van der Waals surface area contributed by atoms with E-state index < -0.39 is 5.97 Å². The van der Waals surface area contributed by atoms with Crippen molar-refractivity contribution in [1.82, 2.24) is 0 Å². The van der Waals surface area contributed by atoms with Gasteiger partial charge in [0.25, 0.3) is 0 Å². The first-order valence-electron chi connectivity index (χ1n) is 2.99. The van der Waals surface area contributed by atoms with E-state index in [4.69, 9.17) is 5.11 Å². The number of aliphatic hydroxyl groups excluding tert-OH is 1. The molecule has 0 aliphatic heterocycles. The van der Waals surface area contributed by atoms with Crippen LogP contribution < -0.4 is 5.11 Å². The van der Waals surface area contributed by atoms with Crippen LogP contribution in [0.4, 0.5) is 0 Å². The zero-order chi connectivity index (χ0) is 7.70. The first-order chi connectivity index (χ1) is 4.18. The Bertz CT molecular complexity index is 62.8. The van der Waals surface area contributed by atoms with Crippen LogP contribution in [0, 0.1) is 0 Å². The lowest BCUT2D eigenvalue weighted by Crippen LogP contribution is -2.20. The molecule has 0 aliphatic carbocycles. The zero-order valence-corrected chi connectivity index (χ0v) is 6.39. The largest absolute Gasteiger partial charge is 0.550 e. The molecule has 0 aliphatic rings. The molecular formula is C6H15O4-. The lowest BCUT2D eigenvalue weighted by Gasteiger charge is -1.92. The first kappa shape index (κ1) is 16.2. The molecule has 0 amide bonds. The topological polar surface area (TPSA) is 91.9 Å². The van der Waals surface area contributed by atoms with Crippen LogP contribution in [-0.4, -0.2) is 23.2 Å². The van der Waals surface area contributed by atoms with Crippen molar-refractivity contribution in [2.45, 2.75) is 26.7 Å². The predicted molar refractivity (Wildman–Crippen MR) is 36.3 cm³/mol. The van der Waals surface area contributed by atoms with E-state index in [0.29, 0.717) is 6.42 Å². The van der Waals surface area contributed by atoms with Crippen molar-refractivity contribution in [1.29, 1.82) is 0 Å². The number of aliphatic carboxylic acids is 1. The zero-order valence-electron chi connectivity index (χ0n) is 6.39. The Hall–Kier alpha value is -0.610. The molecule has 0 aromatic rings. The minimum atomic E-state index is -0.961. The summed E-state index contributed by atoms with van der Waals surface area (Å²) in [5.41, 5.74) is 0. The fraction of sp³-hybridized carbons (Fsp3) is 0.833. The molecule has 4 nitrogen and oxygen atoms in total. The van der Waals surface area contributed by atoms with E-state index in [0.717, 1.165) is 0 Å². The molecule has 4 heteroatoms. The van der Waals surface area contributed by atoms with Gasteiger partial charge in [0.15, 0.2) is 0 Å². The molecule has 0 rings (SSSR count). The number of hydrogen-bond acceptors (Lipinski definition) is 3. The molecule has 0 unspecified atom stereocenters. The molecule has 0 aromatic carbocycles. The number of rotatable bonds is 2. The van der Waals surface area contributed by atoms with Crippen molar-refractivity contribution in [2.24, 2.45) is 0 Å². The highest BCUT2D eigenvalue weighted by Gasteiger charge is 1.75. The molecule has 3 N–H and O–H groups in total. The highest BCUT2D eigenvalue weighted by Crippen LogP contribution is 1.79. The molecule has 0 aromatic heterocycles. The third-order valence-corrected chi connectivity index (χ3v) is 0.454. The van der Waals surface area contributed by atoms with Gasteiger partial charge >= 0.3 is 0 Å². The lowest BCUT2D eigenvalue weighted by molar-refractivity contribution is -0.305. The van der Waals surface area contributed by atoms with E-state index in [2.05, 4.69) is 0 Å². The van der Waals surface area contributed by atoms with E-state index in [1.54, 1.807) is 13.8 Å². The van der Waals surface area contributed by atoms with Gasteiger partial charge in [-0.1, -0.05) is 13.3 Å². The number of carboxylic acids is 1. The molecule has 0 bridgehead atoms. The monoisotopic (exact) mass is 151 g/mol. The highest BCUT2D eigenvalue weighted by molar-refractivity contribution is 5.63. The van der Waals surface area contributed by atoms with E-state index in [-0.39, 0.29) is 18.5 Å². The van der Waals surface area contributed by atoms with Gasteiger partial charge in [-0.3, -0.25) is 0 Å². The van der Waals surface area contributed by atoms with E-state index in [9.17, 15) is 9.90 Å². The third kappa shape index (κ3) is 52.8. The summed E-state index contributed by atoms with van der Waals surface area (Å²) < 4.78 is 0. The maximum Gasteiger partial charge on any atom is 0.0414 e. The van der Waals surface area contributed by atoms with Crippen molar-refractivity contribution < 1.29 is 20.5 Å². The number of aliphatic hydroxyl groups is 1. The molecule has 0 radical (unpaired) electrons. The average molecular weight is 151 g/mol. The number of carboxylic acid groups (broad SMARTS) is 1. The molecule has 0 spiro atoms. The summed E-state index contributed by atoms with van der Waals surface area (Å²) in [6.45, 7) is 3.73. The van der Waals surface area contributed by atoms with Crippen LogP contribution in [0.2, 0.25) is 0 Å². The summed E-state index contributed by atoms with van der Waals surface area (Å²) in [6, 6.07) is 0. The quantitative estimate of drug-likeness (QED) is 0.532. The molecule has 0 fully saturated rings.